The molecule has 3 saturated heterocycles. The third-order valence-electron chi connectivity index (χ3n) is 7.15. The first-order chi connectivity index (χ1) is 16.3. The summed E-state index contributed by atoms with van der Waals surface area (Å²) in [6, 6.07) is 11.0. The first-order valence-electron chi connectivity index (χ1n) is 12.7. The van der Waals surface area contributed by atoms with Gasteiger partial charge in [-0.2, -0.15) is 0 Å². The molecule has 0 aliphatic carbocycles. The van der Waals surface area contributed by atoms with Crippen LogP contribution in [0.15, 0.2) is 30.3 Å². The maximum atomic E-state index is 12.4. The summed E-state index contributed by atoms with van der Waals surface area (Å²) in [6.45, 7) is 12.9. The summed E-state index contributed by atoms with van der Waals surface area (Å²) >= 11 is 0. The molecule has 1 aromatic rings. The maximum absolute atomic E-state index is 12.4. The van der Waals surface area contributed by atoms with Gasteiger partial charge in [0.1, 0.15) is 0 Å². The van der Waals surface area contributed by atoms with Gasteiger partial charge in [-0.25, -0.2) is 4.79 Å². The minimum Gasteiger partial charge on any atom is -0.381 e. The Bertz CT molecular complexity index is 687. The Morgan fingerprint density at radius 1 is 0.939 bits per heavy atom. The molecular weight excluding hydrogens is 418 g/mol. The van der Waals surface area contributed by atoms with Gasteiger partial charge in [0.25, 0.3) is 0 Å². The van der Waals surface area contributed by atoms with Crippen molar-refractivity contribution in [1.82, 2.24) is 25.3 Å². The van der Waals surface area contributed by atoms with Crippen molar-refractivity contribution in [3.63, 3.8) is 0 Å². The number of urea groups is 1. The highest BCUT2D eigenvalue weighted by Gasteiger charge is 2.31. The van der Waals surface area contributed by atoms with Crippen LogP contribution in [-0.2, 0) is 16.0 Å². The molecule has 1 aromatic carbocycles. The van der Waals surface area contributed by atoms with Gasteiger partial charge < -0.3 is 25.0 Å². The number of hydrogen-bond donors (Lipinski definition) is 2. The fourth-order valence-corrected chi connectivity index (χ4v) is 5.14. The van der Waals surface area contributed by atoms with E-state index in [1.807, 2.05) is 0 Å². The summed E-state index contributed by atoms with van der Waals surface area (Å²) in [5.41, 5.74) is 1.39. The van der Waals surface area contributed by atoms with E-state index in [9.17, 15) is 4.79 Å². The second-order valence-electron chi connectivity index (χ2n) is 9.43. The summed E-state index contributed by atoms with van der Waals surface area (Å²) in [4.78, 5) is 19.9. The zero-order valence-electron chi connectivity index (χ0n) is 19.9. The van der Waals surface area contributed by atoms with Crippen molar-refractivity contribution in [2.24, 2.45) is 5.92 Å². The molecule has 3 fully saturated rings. The lowest BCUT2D eigenvalue weighted by molar-refractivity contribution is 0.00212. The second kappa shape index (κ2) is 13.2. The molecule has 2 unspecified atom stereocenters. The van der Waals surface area contributed by atoms with Gasteiger partial charge in [0.15, 0.2) is 0 Å². The third kappa shape index (κ3) is 7.93. The average molecular weight is 460 g/mol. The third-order valence-corrected chi connectivity index (χ3v) is 7.15. The standard InChI is InChI=1S/C25H41N5O3/c31-25(27-19-24(23-7-16-33-21-23)30-14-17-32-18-15-30)26-8-4-9-28-10-12-29(13-11-28)20-22-5-2-1-3-6-22/h1-3,5-6,23-24H,4,7-21H2,(H2,26,27,31). The molecule has 0 aromatic heterocycles. The normalized spacial score (nSPS) is 23.9. The van der Waals surface area contributed by atoms with Crippen molar-refractivity contribution in [3.8, 4) is 0 Å². The van der Waals surface area contributed by atoms with E-state index in [4.69, 9.17) is 9.47 Å². The lowest BCUT2D eigenvalue weighted by Gasteiger charge is -2.37. The number of hydrogen-bond acceptors (Lipinski definition) is 6. The number of ether oxygens (including phenoxy) is 2. The molecule has 3 heterocycles. The monoisotopic (exact) mass is 459 g/mol. The van der Waals surface area contributed by atoms with Gasteiger partial charge in [-0.15, -0.1) is 0 Å². The Labute approximate surface area is 198 Å². The molecule has 2 amide bonds. The summed E-state index contributed by atoms with van der Waals surface area (Å²) in [7, 11) is 0. The average Bonchev–Trinajstić information content (AvgIpc) is 3.39. The van der Waals surface area contributed by atoms with Gasteiger partial charge in [-0.05, 0) is 24.9 Å². The fourth-order valence-electron chi connectivity index (χ4n) is 5.14. The number of amides is 2. The lowest BCUT2D eigenvalue weighted by atomic mass is 9.97. The van der Waals surface area contributed by atoms with Gasteiger partial charge in [-0.1, -0.05) is 30.3 Å². The fraction of sp³-hybridized carbons (Fsp3) is 0.720. The van der Waals surface area contributed by atoms with Crippen molar-refractivity contribution in [3.05, 3.63) is 35.9 Å². The van der Waals surface area contributed by atoms with Crippen molar-refractivity contribution in [1.29, 1.82) is 0 Å². The smallest absolute Gasteiger partial charge is 0.314 e. The number of carbonyl (C=O) groups excluding carboxylic acids is 1. The number of morpholine rings is 1. The molecule has 8 heteroatoms. The van der Waals surface area contributed by atoms with E-state index in [0.717, 1.165) is 91.6 Å². The Morgan fingerprint density at radius 3 is 2.42 bits per heavy atom. The first-order valence-corrected chi connectivity index (χ1v) is 12.7. The summed E-state index contributed by atoms with van der Waals surface area (Å²) in [5.74, 6) is 0.490. The predicted molar refractivity (Wildman–Crippen MR) is 129 cm³/mol. The van der Waals surface area contributed by atoms with Gasteiger partial charge in [0.05, 0.1) is 19.8 Å². The summed E-state index contributed by atoms with van der Waals surface area (Å²) in [5, 5.41) is 6.17. The SMILES string of the molecule is O=C(NCCCN1CCN(Cc2ccccc2)CC1)NCC(C1CCOC1)N1CCOCC1. The van der Waals surface area contributed by atoms with E-state index in [1.165, 1.54) is 5.56 Å². The zero-order valence-corrected chi connectivity index (χ0v) is 19.9. The lowest BCUT2D eigenvalue weighted by Crippen LogP contribution is -2.53. The topological polar surface area (TPSA) is 69.3 Å². The summed E-state index contributed by atoms with van der Waals surface area (Å²) < 4.78 is 11.1. The molecule has 3 aliphatic heterocycles. The van der Waals surface area contributed by atoms with Crippen LogP contribution in [0.5, 0.6) is 0 Å². The van der Waals surface area contributed by atoms with Gasteiger partial charge in [0, 0.05) is 77.5 Å². The largest absolute Gasteiger partial charge is 0.381 e. The van der Waals surface area contributed by atoms with Gasteiger partial charge in [0.2, 0.25) is 0 Å². The van der Waals surface area contributed by atoms with Crippen LogP contribution in [0.2, 0.25) is 0 Å². The van der Waals surface area contributed by atoms with E-state index in [1.54, 1.807) is 0 Å². The highest BCUT2D eigenvalue weighted by Crippen LogP contribution is 2.21. The van der Waals surface area contributed by atoms with Crippen LogP contribution in [0, 0.1) is 5.92 Å². The Balaban J connectivity index is 1.08. The van der Waals surface area contributed by atoms with E-state index in [0.29, 0.717) is 25.0 Å². The number of nitrogens with one attached hydrogen (secondary N) is 2. The van der Waals surface area contributed by atoms with Crippen molar-refractivity contribution in [2.45, 2.75) is 25.4 Å². The Hall–Kier alpha value is -1.71. The van der Waals surface area contributed by atoms with E-state index in [2.05, 4.69) is 55.7 Å². The molecule has 184 valence electrons. The van der Waals surface area contributed by atoms with Crippen LogP contribution >= 0.6 is 0 Å². The molecule has 0 bridgehead atoms. The Kier molecular flexibility index (Phi) is 9.80. The summed E-state index contributed by atoms with van der Waals surface area (Å²) in [6.07, 6.45) is 2.05. The van der Waals surface area contributed by atoms with Crippen molar-refractivity contribution >= 4 is 6.03 Å². The number of nitrogens with zero attached hydrogens (tertiary/aromatic N) is 3. The minimum atomic E-state index is -0.0557. The molecule has 33 heavy (non-hydrogen) atoms. The Morgan fingerprint density at radius 2 is 1.70 bits per heavy atom. The molecule has 2 N–H and O–H groups in total. The van der Waals surface area contributed by atoms with E-state index >= 15 is 0 Å². The maximum Gasteiger partial charge on any atom is 0.314 e. The zero-order chi connectivity index (χ0) is 22.7. The van der Waals surface area contributed by atoms with E-state index < -0.39 is 0 Å². The number of carbonyl (C=O) groups is 1. The van der Waals surface area contributed by atoms with Gasteiger partial charge >= 0.3 is 6.03 Å². The minimum absolute atomic E-state index is 0.0557. The van der Waals surface area contributed by atoms with Crippen LogP contribution in [0.4, 0.5) is 4.79 Å². The second-order valence-corrected chi connectivity index (χ2v) is 9.43. The molecule has 0 saturated carbocycles. The van der Waals surface area contributed by atoms with Crippen LogP contribution in [0.3, 0.4) is 0 Å². The molecule has 0 spiro atoms. The molecule has 8 nitrogen and oxygen atoms in total. The highest BCUT2D eigenvalue weighted by molar-refractivity contribution is 5.73. The van der Waals surface area contributed by atoms with Crippen LogP contribution in [0.1, 0.15) is 18.4 Å². The van der Waals surface area contributed by atoms with E-state index in [-0.39, 0.29) is 6.03 Å². The molecular formula is C25H41N5O3. The molecule has 4 rings (SSSR count). The van der Waals surface area contributed by atoms with Crippen molar-refractivity contribution in [2.75, 3.05) is 85.3 Å². The van der Waals surface area contributed by atoms with Crippen LogP contribution in [0.25, 0.3) is 0 Å². The van der Waals surface area contributed by atoms with Crippen molar-refractivity contribution < 1.29 is 14.3 Å². The number of rotatable bonds is 10. The molecule has 3 aliphatic rings. The number of benzene rings is 1. The predicted octanol–water partition coefficient (Wildman–Crippen LogP) is 1.23. The molecule has 0 radical (unpaired) electrons. The quantitative estimate of drug-likeness (QED) is 0.513. The molecule has 2 atom stereocenters. The highest BCUT2D eigenvalue weighted by atomic mass is 16.5. The number of piperazine rings is 1. The van der Waals surface area contributed by atoms with Crippen LogP contribution < -0.4 is 10.6 Å². The first kappa shape index (κ1) is 24.4. The van der Waals surface area contributed by atoms with Crippen LogP contribution in [-0.4, -0.2) is 112 Å². The van der Waals surface area contributed by atoms with Gasteiger partial charge in [-0.3, -0.25) is 9.80 Å².